The number of nitrogens with zero attached hydrogens (tertiary/aromatic N) is 3. The van der Waals surface area contributed by atoms with Gasteiger partial charge in [0.25, 0.3) is 0 Å². The van der Waals surface area contributed by atoms with Crippen LogP contribution >= 0.6 is 0 Å². The van der Waals surface area contributed by atoms with Gasteiger partial charge in [-0.3, -0.25) is 0 Å². The summed E-state index contributed by atoms with van der Waals surface area (Å²) < 4.78 is 0. The van der Waals surface area contributed by atoms with Gasteiger partial charge >= 0.3 is 0 Å². The minimum atomic E-state index is 0.669. The zero-order valence-corrected chi connectivity index (χ0v) is 14.7. The number of anilines is 1. The first-order chi connectivity index (χ1) is 12.8. The van der Waals surface area contributed by atoms with Crippen molar-refractivity contribution in [1.29, 1.82) is 5.26 Å². The van der Waals surface area contributed by atoms with Crippen molar-refractivity contribution < 1.29 is 0 Å². The van der Waals surface area contributed by atoms with Gasteiger partial charge < -0.3 is 5.43 Å². The van der Waals surface area contributed by atoms with Gasteiger partial charge in [-0.1, -0.05) is 55.8 Å². The van der Waals surface area contributed by atoms with Crippen molar-refractivity contribution >= 4 is 5.82 Å². The maximum absolute atomic E-state index is 9.29. The predicted octanol–water partition coefficient (Wildman–Crippen LogP) is 3.84. The van der Waals surface area contributed by atoms with E-state index in [1.165, 1.54) is 0 Å². The molecule has 5 nitrogen and oxygen atoms in total. The fourth-order valence-electron chi connectivity index (χ4n) is 3.05. The molecule has 1 heterocycles. The lowest BCUT2D eigenvalue weighted by Gasteiger charge is -2.13. The van der Waals surface area contributed by atoms with Crippen molar-refractivity contribution in [2.45, 2.75) is 26.2 Å². The zero-order chi connectivity index (χ0) is 18.4. The van der Waals surface area contributed by atoms with E-state index in [1.807, 2.05) is 36.4 Å². The van der Waals surface area contributed by atoms with E-state index >= 15 is 0 Å². The highest BCUT2D eigenvalue weighted by atomic mass is 15.3. The van der Waals surface area contributed by atoms with Gasteiger partial charge in [-0.15, -0.1) is 0 Å². The number of hydrogen-bond acceptors (Lipinski definition) is 5. The molecule has 0 spiro atoms. The summed E-state index contributed by atoms with van der Waals surface area (Å²) in [4.78, 5) is 8.66. The van der Waals surface area contributed by atoms with Gasteiger partial charge in [-0.2, -0.15) is 5.26 Å². The lowest BCUT2D eigenvalue weighted by Crippen LogP contribution is -2.14. The molecule has 0 radical (unpaired) electrons. The summed E-state index contributed by atoms with van der Waals surface area (Å²) in [6.07, 6.45) is 4.15. The average Bonchev–Trinajstić information content (AvgIpc) is 2.70. The summed E-state index contributed by atoms with van der Waals surface area (Å²) in [5, 5.41) is 9.29. The van der Waals surface area contributed by atoms with E-state index in [2.05, 4.69) is 40.5 Å². The molecule has 0 aliphatic rings. The summed E-state index contributed by atoms with van der Waals surface area (Å²) >= 11 is 0. The van der Waals surface area contributed by atoms with Crippen LogP contribution in [0.4, 0.5) is 5.82 Å². The Labute approximate surface area is 153 Å². The average molecular weight is 343 g/mol. The second-order valence-electron chi connectivity index (χ2n) is 6.07. The fraction of sp³-hybridized carbons (Fsp3) is 0.190. The lowest BCUT2D eigenvalue weighted by molar-refractivity contribution is 0.849. The highest BCUT2D eigenvalue weighted by Gasteiger charge is 2.11. The molecule has 0 bridgehead atoms. The number of nitrogens with one attached hydrogen (secondary N) is 1. The lowest BCUT2D eigenvalue weighted by atomic mass is 9.97. The second kappa shape index (κ2) is 8.24. The van der Waals surface area contributed by atoms with Crippen LogP contribution in [0.3, 0.4) is 0 Å². The Morgan fingerprint density at radius 3 is 2.54 bits per heavy atom. The van der Waals surface area contributed by atoms with Crippen molar-refractivity contribution in [3.05, 3.63) is 77.2 Å². The SMILES string of the molecule is CCCc1ncnc(NN)c1Cc1ccc(-c2ccccc2C#N)cc1. The maximum Gasteiger partial charge on any atom is 0.147 e. The molecule has 5 heteroatoms. The van der Waals surface area contributed by atoms with E-state index in [4.69, 9.17) is 5.84 Å². The van der Waals surface area contributed by atoms with E-state index in [0.29, 0.717) is 17.8 Å². The summed E-state index contributed by atoms with van der Waals surface area (Å²) in [6, 6.07) is 18.1. The number of aromatic nitrogens is 2. The molecule has 0 saturated carbocycles. The fourth-order valence-corrected chi connectivity index (χ4v) is 3.05. The second-order valence-corrected chi connectivity index (χ2v) is 6.07. The van der Waals surface area contributed by atoms with Crippen molar-refractivity contribution in [1.82, 2.24) is 9.97 Å². The van der Waals surface area contributed by atoms with Crippen molar-refractivity contribution in [3.63, 3.8) is 0 Å². The third kappa shape index (κ3) is 3.71. The predicted molar refractivity (Wildman–Crippen MR) is 103 cm³/mol. The molecule has 3 N–H and O–H groups in total. The number of rotatable bonds is 6. The molecule has 0 saturated heterocycles. The van der Waals surface area contributed by atoms with Gasteiger partial charge in [0.05, 0.1) is 11.6 Å². The van der Waals surface area contributed by atoms with Crippen LogP contribution in [0.5, 0.6) is 0 Å². The van der Waals surface area contributed by atoms with Crippen LogP contribution in [0.25, 0.3) is 11.1 Å². The van der Waals surface area contributed by atoms with Crippen LogP contribution in [-0.2, 0) is 12.8 Å². The van der Waals surface area contributed by atoms with Crippen molar-refractivity contribution in [3.8, 4) is 17.2 Å². The molecule has 0 atom stereocenters. The van der Waals surface area contributed by atoms with Gasteiger partial charge in [0, 0.05) is 17.7 Å². The van der Waals surface area contributed by atoms with Crippen LogP contribution in [0, 0.1) is 11.3 Å². The molecule has 0 fully saturated rings. The molecular weight excluding hydrogens is 322 g/mol. The van der Waals surface area contributed by atoms with Gasteiger partial charge in [0.2, 0.25) is 0 Å². The van der Waals surface area contributed by atoms with Gasteiger partial charge in [0.15, 0.2) is 0 Å². The largest absolute Gasteiger partial charge is 0.308 e. The molecule has 0 amide bonds. The third-order valence-electron chi connectivity index (χ3n) is 4.35. The summed E-state index contributed by atoms with van der Waals surface area (Å²) in [6.45, 7) is 2.13. The van der Waals surface area contributed by atoms with Gasteiger partial charge in [-0.05, 0) is 29.2 Å². The molecule has 2 aromatic carbocycles. The number of aryl methyl sites for hydroxylation is 1. The molecule has 0 unspecified atom stereocenters. The van der Waals surface area contributed by atoms with E-state index in [0.717, 1.165) is 40.8 Å². The van der Waals surface area contributed by atoms with E-state index in [1.54, 1.807) is 6.33 Å². The first-order valence-electron chi connectivity index (χ1n) is 8.64. The van der Waals surface area contributed by atoms with Crippen LogP contribution < -0.4 is 11.3 Å². The molecule has 26 heavy (non-hydrogen) atoms. The van der Waals surface area contributed by atoms with Crippen LogP contribution in [0.1, 0.15) is 35.7 Å². The Bertz CT molecular complexity index is 926. The Hall–Kier alpha value is -3.23. The summed E-state index contributed by atoms with van der Waals surface area (Å²) in [7, 11) is 0. The quantitative estimate of drug-likeness (QED) is 0.524. The Morgan fingerprint density at radius 2 is 1.85 bits per heavy atom. The third-order valence-corrected chi connectivity index (χ3v) is 4.35. The number of nitriles is 1. The van der Waals surface area contributed by atoms with Crippen LogP contribution in [0.2, 0.25) is 0 Å². The number of hydrazine groups is 1. The molecule has 0 aliphatic carbocycles. The van der Waals surface area contributed by atoms with Gasteiger partial charge in [-0.25, -0.2) is 15.8 Å². The van der Waals surface area contributed by atoms with Crippen molar-refractivity contribution in [2.75, 3.05) is 5.43 Å². The standard InChI is InChI=1S/C21H21N5/c1-2-5-20-19(21(26-23)25-14-24-20)12-15-8-10-16(11-9-15)18-7-4-3-6-17(18)13-22/h3-4,6-11,14H,2,5,12,23H2,1H3,(H,24,25,26). The zero-order valence-electron chi connectivity index (χ0n) is 14.7. The monoisotopic (exact) mass is 343 g/mol. The summed E-state index contributed by atoms with van der Waals surface area (Å²) in [5.41, 5.74) is 8.53. The molecule has 3 aromatic rings. The number of nitrogen functional groups attached to an aromatic ring is 1. The highest BCUT2D eigenvalue weighted by molar-refractivity contribution is 5.70. The van der Waals surface area contributed by atoms with Gasteiger partial charge in [0.1, 0.15) is 12.1 Å². The minimum Gasteiger partial charge on any atom is -0.308 e. The van der Waals surface area contributed by atoms with Crippen LogP contribution in [-0.4, -0.2) is 9.97 Å². The maximum atomic E-state index is 9.29. The molecule has 1 aromatic heterocycles. The number of nitrogens with two attached hydrogens (primary N) is 1. The normalized spacial score (nSPS) is 10.3. The highest BCUT2D eigenvalue weighted by Crippen LogP contribution is 2.25. The smallest absolute Gasteiger partial charge is 0.147 e. The Kier molecular flexibility index (Phi) is 5.57. The first-order valence-corrected chi connectivity index (χ1v) is 8.64. The first kappa shape index (κ1) is 17.6. The van der Waals surface area contributed by atoms with E-state index < -0.39 is 0 Å². The Morgan fingerprint density at radius 1 is 1.08 bits per heavy atom. The topological polar surface area (TPSA) is 87.6 Å². The van der Waals surface area contributed by atoms with Crippen LogP contribution in [0.15, 0.2) is 54.9 Å². The summed E-state index contributed by atoms with van der Waals surface area (Å²) in [5.74, 6) is 6.30. The molecular formula is C21H21N5. The van der Waals surface area contributed by atoms with Crippen molar-refractivity contribution in [2.24, 2.45) is 5.84 Å². The molecule has 130 valence electrons. The molecule has 3 rings (SSSR count). The minimum absolute atomic E-state index is 0.669. The van der Waals surface area contributed by atoms with E-state index in [-0.39, 0.29) is 0 Å². The number of hydrogen-bond donors (Lipinski definition) is 2. The van der Waals surface area contributed by atoms with E-state index in [9.17, 15) is 5.26 Å². The Balaban J connectivity index is 1.90. The molecule has 0 aliphatic heterocycles. The number of benzene rings is 2.